The van der Waals surface area contributed by atoms with Crippen LogP contribution in [0.4, 0.5) is 5.69 Å². The zero-order chi connectivity index (χ0) is 26.7. The predicted octanol–water partition coefficient (Wildman–Crippen LogP) is 5.96. The Kier molecular flexibility index (Phi) is 7.98. The number of carbonyl (C=O) groups excluding carboxylic acids is 1. The van der Waals surface area contributed by atoms with Gasteiger partial charge in [-0.15, -0.1) is 0 Å². The second-order valence-corrected chi connectivity index (χ2v) is 11.5. The number of aliphatic carboxylic acids is 1. The van der Waals surface area contributed by atoms with Crippen molar-refractivity contribution in [3.05, 3.63) is 70.3 Å². The van der Waals surface area contributed by atoms with Crippen molar-refractivity contribution in [2.45, 2.75) is 62.7 Å². The molecule has 0 radical (unpaired) electrons. The number of amides is 1. The van der Waals surface area contributed by atoms with Gasteiger partial charge in [-0.3, -0.25) is 9.59 Å². The molecular formula is C31H37ClN2O4. The van der Waals surface area contributed by atoms with Crippen LogP contribution in [-0.2, 0) is 21.4 Å². The maximum absolute atomic E-state index is 12.9. The summed E-state index contributed by atoms with van der Waals surface area (Å²) < 4.78 is 6.52. The van der Waals surface area contributed by atoms with Crippen LogP contribution >= 0.6 is 11.6 Å². The van der Waals surface area contributed by atoms with E-state index >= 15 is 0 Å². The second kappa shape index (κ2) is 11.4. The van der Waals surface area contributed by atoms with Gasteiger partial charge in [-0.1, -0.05) is 35.9 Å². The molecular weight excluding hydrogens is 500 g/mol. The van der Waals surface area contributed by atoms with Crippen LogP contribution in [0.2, 0.25) is 5.02 Å². The number of hydrogen-bond donors (Lipinski definition) is 1. The molecule has 2 aromatic carbocycles. The molecule has 2 atom stereocenters. The van der Waals surface area contributed by atoms with Crippen LogP contribution in [0.3, 0.4) is 0 Å². The Bertz CT molecular complexity index is 1230. The van der Waals surface area contributed by atoms with Crippen molar-refractivity contribution in [2.24, 2.45) is 0 Å². The quantitative estimate of drug-likeness (QED) is 0.455. The van der Waals surface area contributed by atoms with Gasteiger partial charge in [0.15, 0.2) is 0 Å². The average molecular weight is 537 g/mol. The molecule has 6 nitrogen and oxygen atoms in total. The molecule has 0 fully saturated rings. The van der Waals surface area contributed by atoms with Crippen molar-refractivity contribution in [3.63, 3.8) is 0 Å². The summed E-state index contributed by atoms with van der Waals surface area (Å²) in [5.41, 5.74) is 4.02. The van der Waals surface area contributed by atoms with Gasteiger partial charge in [0.2, 0.25) is 5.91 Å². The summed E-state index contributed by atoms with van der Waals surface area (Å²) >= 11 is 6.36. The smallest absolute Gasteiger partial charge is 0.311 e. The van der Waals surface area contributed by atoms with E-state index in [2.05, 4.69) is 29.2 Å². The first-order valence-electron chi connectivity index (χ1n) is 13.8. The van der Waals surface area contributed by atoms with E-state index in [1.165, 1.54) is 11.1 Å². The summed E-state index contributed by atoms with van der Waals surface area (Å²) in [7, 11) is 1.75. The number of carbonyl (C=O) groups is 2. The minimum Gasteiger partial charge on any atom is -0.490 e. The first-order valence-corrected chi connectivity index (χ1v) is 14.2. The van der Waals surface area contributed by atoms with E-state index in [1.807, 2.05) is 24.3 Å². The molecule has 38 heavy (non-hydrogen) atoms. The molecule has 2 heterocycles. The third-order valence-electron chi connectivity index (χ3n) is 8.41. The van der Waals surface area contributed by atoms with Gasteiger partial charge in [-0.25, -0.2) is 0 Å². The standard InChI is InChI=1S/C31H37ClN2O4/c1-33-15-6-4-2-3-5-7-16-34-20-31(14-8-9-23-17-24(32)11-12-26(23)31)21-38-28-13-10-22(18-27(28)34)25(30(36)37)19-29(33)35/h2,4,10-13,17-18,25H,3,5-9,14-16,19-21H2,1H3,(H,36,37)/b4-2-/t25?,31-/m0/s1. The summed E-state index contributed by atoms with van der Waals surface area (Å²) in [4.78, 5) is 29.3. The molecule has 1 amide bonds. The van der Waals surface area contributed by atoms with Gasteiger partial charge in [0, 0.05) is 43.5 Å². The molecule has 7 heteroatoms. The Morgan fingerprint density at radius 3 is 2.76 bits per heavy atom. The van der Waals surface area contributed by atoms with Crippen molar-refractivity contribution in [3.8, 4) is 5.75 Å². The second-order valence-electron chi connectivity index (χ2n) is 11.0. The number of benzene rings is 2. The fourth-order valence-corrected chi connectivity index (χ4v) is 6.45. The number of fused-ring (bicyclic) bond motifs is 3. The van der Waals surface area contributed by atoms with Crippen LogP contribution in [-0.4, -0.2) is 55.2 Å². The molecule has 0 saturated heterocycles. The molecule has 0 saturated carbocycles. The molecule has 1 aliphatic carbocycles. The SMILES string of the molecule is CN1CC/C=C\CCCCN2C[C@@]3(CCCc4cc(Cl)ccc43)COc3ccc(cc32)C(C(=O)O)CC1=O. The minimum atomic E-state index is -0.983. The van der Waals surface area contributed by atoms with E-state index in [0.29, 0.717) is 18.7 Å². The number of rotatable bonds is 1. The number of anilines is 1. The van der Waals surface area contributed by atoms with Gasteiger partial charge in [0.1, 0.15) is 5.75 Å². The monoisotopic (exact) mass is 536 g/mol. The lowest BCUT2D eigenvalue weighted by Crippen LogP contribution is -2.46. The molecule has 2 aromatic rings. The number of carboxylic acids is 1. The minimum absolute atomic E-state index is 0.0622. The molecule has 0 aromatic heterocycles. The first kappa shape index (κ1) is 26.6. The van der Waals surface area contributed by atoms with E-state index in [0.717, 1.165) is 74.5 Å². The topological polar surface area (TPSA) is 70.1 Å². The van der Waals surface area contributed by atoms with Crippen molar-refractivity contribution >= 4 is 29.2 Å². The van der Waals surface area contributed by atoms with Crippen molar-refractivity contribution in [2.75, 3.05) is 38.2 Å². The number of ether oxygens (including phenoxy) is 1. The zero-order valence-corrected chi connectivity index (χ0v) is 22.9. The Balaban J connectivity index is 1.54. The molecule has 5 rings (SSSR count). The fraction of sp³-hybridized carbons (Fsp3) is 0.484. The molecule has 2 bridgehead atoms. The maximum atomic E-state index is 12.9. The molecule has 1 N–H and O–H groups in total. The number of aryl methyl sites for hydroxylation is 1. The number of allylic oxidation sites excluding steroid dienone is 1. The molecule has 2 aliphatic heterocycles. The predicted molar refractivity (Wildman–Crippen MR) is 150 cm³/mol. The van der Waals surface area contributed by atoms with Crippen LogP contribution in [0.15, 0.2) is 48.6 Å². The molecule has 202 valence electrons. The molecule has 1 spiro atoms. The molecule has 1 unspecified atom stereocenters. The fourth-order valence-electron chi connectivity index (χ4n) is 6.26. The summed E-state index contributed by atoms with van der Waals surface area (Å²) in [6, 6.07) is 11.9. The largest absolute Gasteiger partial charge is 0.490 e. The van der Waals surface area contributed by atoms with Crippen LogP contribution in [0, 0.1) is 0 Å². The lowest BCUT2D eigenvalue weighted by Gasteiger charge is -2.41. The average Bonchev–Trinajstić information content (AvgIpc) is 3.04. The third-order valence-corrected chi connectivity index (χ3v) is 8.65. The van der Waals surface area contributed by atoms with E-state index in [1.54, 1.807) is 11.9 Å². The Labute approximate surface area is 230 Å². The van der Waals surface area contributed by atoms with E-state index in [-0.39, 0.29) is 17.7 Å². The van der Waals surface area contributed by atoms with Crippen LogP contribution in [0.25, 0.3) is 0 Å². The highest BCUT2D eigenvalue weighted by molar-refractivity contribution is 6.30. The van der Waals surface area contributed by atoms with Crippen LogP contribution in [0.5, 0.6) is 5.75 Å². The van der Waals surface area contributed by atoms with E-state index < -0.39 is 11.9 Å². The summed E-state index contributed by atoms with van der Waals surface area (Å²) in [5, 5.41) is 10.9. The molecule has 3 aliphatic rings. The van der Waals surface area contributed by atoms with Gasteiger partial charge in [-0.2, -0.15) is 0 Å². The van der Waals surface area contributed by atoms with Crippen molar-refractivity contribution in [1.82, 2.24) is 4.90 Å². The Hall–Kier alpha value is -2.99. The van der Waals surface area contributed by atoms with Gasteiger partial charge in [0.05, 0.1) is 18.2 Å². The normalized spacial score (nSPS) is 25.3. The van der Waals surface area contributed by atoms with Gasteiger partial charge in [-0.05, 0) is 85.9 Å². The summed E-state index contributed by atoms with van der Waals surface area (Å²) in [6.45, 7) is 2.81. The van der Waals surface area contributed by atoms with Gasteiger partial charge in [0.25, 0.3) is 0 Å². The number of halogens is 1. The first-order chi connectivity index (χ1) is 18.4. The van der Waals surface area contributed by atoms with E-state index in [9.17, 15) is 14.7 Å². The van der Waals surface area contributed by atoms with E-state index in [4.69, 9.17) is 16.3 Å². The number of nitrogens with zero attached hydrogens (tertiary/aromatic N) is 2. The summed E-state index contributed by atoms with van der Waals surface area (Å²) in [5.74, 6) is -1.27. The van der Waals surface area contributed by atoms with Crippen molar-refractivity contribution in [1.29, 1.82) is 0 Å². The Morgan fingerprint density at radius 2 is 1.92 bits per heavy atom. The zero-order valence-electron chi connectivity index (χ0n) is 22.1. The van der Waals surface area contributed by atoms with Crippen LogP contribution in [0.1, 0.15) is 67.6 Å². The summed E-state index contributed by atoms with van der Waals surface area (Å²) in [6.07, 6.45) is 11.3. The maximum Gasteiger partial charge on any atom is 0.311 e. The van der Waals surface area contributed by atoms with Crippen LogP contribution < -0.4 is 9.64 Å². The number of carboxylic acid groups (broad SMARTS) is 1. The highest BCUT2D eigenvalue weighted by Gasteiger charge is 2.42. The highest BCUT2D eigenvalue weighted by atomic mass is 35.5. The lowest BCUT2D eigenvalue weighted by atomic mass is 9.70. The number of hydrogen-bond acceptors (Lipinski definition) is 4. The van der Waals surface area contributed by atoms with Gasteiger partial charge < -0.3 is 19.6 Å². The lowest BCUT2D eigenvalue weighted by molar-refractivity contribution is -0.142. The third kappa shape index (κ3) is 5.56. The Morgan fingerprint density at radius 1 is 1.08 bits per heavy atom. The van der Waals surface area contributed by atoms with Gasteiger partial charge >= 0.3 is 5.97 Å². The highest BCUT2D eigenvalue weighted by Crippen LogP contribution is 2.45. The van der Waals surface area contributed by atoms with Crippen molar-refractivity contribution < 1.29 is 19.4 Å².